The predicted octanol–water partition coefficient (Wildman–Crippen LogP) is 13.7. The maximum Gasteiger partial charge on any atom is 0.335 e. The number of aryl methyl sites for hydroxylation is 5. The van der Waals surface area contributed by atoms with Crippen LogP contribution in [-0.4, -0.2) is 70.5 Å². The summed E-state index contributed by atoms with van der Waals surface area (Å²) in [5.74, 6) is 2.08. The van der Waals surface area contributed by atoms with Crippen LogP contribution in [0.3, 0.4) is 0 Å². The van der Waals surface area contributed by atoms with Crippen LogP contribution in [0.2, 0.25) is 0 Å². The van der Waals surface area contributed by atoms with Crippen LogP contribution in [-0.2, 0) is 37.0 Å². The lowest BCUT2D eigenvalue weighted by Gasteiger charge is -2.40. The van der Waals surface area contributed by atoms with Crippen molar-refractivity contribution in [3.8, 4) is 22.8 Å². The van der Waals surface area contributed by atoms with E-state index in [9.17, 15) is 18.4 Å². The maximum absolute atomic E-state index is 14.1. The van der Waals surface area contributed by atoms with Crippen LogP contribution in [0.15, 0.2) is 101 Å². The molecule has 0 radical (unpaired) electrons. The number of aromatic nitrogens is 6. The zero-order valence-electron chi connectivity index (χ0n) is 48.2. The normalized spacial score (nSPS) is 21.1. The van der Waals surface area contributed by atoms with Crippen molar-refractivity contribution in [2.75, 3.05) is 5.32 Å². The van der Waals surface area contributed by atoms with E-state index in [2.05, 4.69) is 117 Å². The zero-order valence-corrected chi connectivity index (χ0v) is 49.8. The van der Waals surface area contributed by atoms with Crippen LogP contribution in [0.1, 0.15) is 123 Å². The van der Waals surface area contributed by atoms with Crippen LogP contribution in [0, 0.1) is 76.3 Å². The second-order valence-electron chi connectivity index (χ2n) is 22.8. The molecule has 4 aromatic heterocycles. The molecular formula is C62H72N10O8S2. The third kappa shape index (κ3) is 12.4. The first kappa shape index (κ1) is 60.1. The summed E-state index contributed by atoms with van der Waals surface area (Å²) in [6, 6.07) is 24.3. The van der Waals surface area contributed by atoms with Gasteiger partial charge in [0.25, 0.3) is 0 Å². The minimum absolute atomic E-state index is 0.0527. The molecule has 4 heterocycles. The standard InChI is InChI=1S/C31H37N5O4S.C31H35N5O2.O2S/c1-7-22-12-11-18(2)15-26(22)41(32,38,39)24-10-8-9-23(16-24)29-34-30-27(25(33-6)17-36(30)35-29)31(37)40-28-20(4)13-19(3)14-21(28)5;1-17-8-9-19(3)24(14-17)33-25-15-23(11-10-20(25)4)29-34-30-27(26(32-7)16-36(30)35-29)31(37)38-28-21(5)12-18(2)13-22(28)6;1-3-2/h8-12,15-17,19-21,28H,7,13-14H2,1-5H3,(H,34,35)(H3,32,38,39);8-11,14-16,18,21-22,28,33H,12-13H2,1-6H3,(H,34,35);. The molecule has 10 rings (SSSR count). The second-order valence-corrected chi connectivity index (χ2v) is 25.8. The third-order valence-corrected chi connectivity index (χ3v) is 18.4. The Morgan fingerprint density at radius 2 is 1.13 bits per heavy atom. The number of nitrogens with zero attached hydrogens (tertiary/aromatic N) is 6. The summed E-state index contributed by atoms with van der Waals surface area (Å²) in [7, 11) is -4.93. The average Bonchev–Trinajstić information content (AvgIpc) is 2.67. The lowest BCUT2D eigenvalue weighted by molar-refractivity contribution is -0.0253. The number of rotatable bonds is 11. The lowest BCUT2D eigenvalue weighted by Crippen LogP contribution is -2.43. The van der Waals surface area contributed by atoms with Gasteiger partial charge in [0, 0.05) is 34.9 Å². The van der Waals surface area contributed by atoms with E-state index >= 15 is 0 Å². The highest BCUT2D eigenvalue weighted by Gasteiger charge is 2.38. The van der Waals surface area contributed by atoms with Gasteiger partial charge < -0.3 is 14.8 Å². The van der Waals surface area contributed by atoms with E-state index < -0.39 is 33.0 Å². The quantitative estimate of drug-likeness (QED) is 0.0603. The molecule has 0 saturated heterocycles. The van der Waals surface area contributed by atoms with E-state index in [0.717, 1.165) is 53.7 Å². The number of H-pyrrole nitrogens is 2. The highest BCUT2D eigenvalue weighted by Crippen LogP contribution is 2.42. The number of hydrogen-bond acceptors (Lipinski definition) is 10. The Kier molecular flexibility index (Phi) is 17.7. The molecular weight excluding hydrogens is 1080 g/mol. The molecule has 0 amide bonds. The molecule has 2 aliphatic carbocycles. The van der Waals surface area contributed by atoms with Gasteiger partial charge in [-0.15, -0.1) is 0 Å². The number of esters is 2. The number of fused-ring (bicyclic) bond motifs is 2. The summed E-state index contributed by atoms with van der Waals surface area (Å²) in [5.41, 5.74) is 9.78. The van der Waals surface area contributed by atoms with Gasteiger partial charge in [0.05, 0.1) is 22.9 Å². The van der Waals surface area contributed by atoms with Crippen molar-refractivity contribution in [3.05, 3.63) is 153 Å². The van der Waals surface area contributed by atoms with Gasteiger partial charge in [0.2, 0.25) is 11.4 Å². The van der Waals surface area contributed by atoms with E-state index in [1.165, 1.54) is 34.0 Å². The fourth-order valence-electron chi connectivity index (χ4n) is 12.1. The van der Waals surface area contributed by atoms with Gasteiger partial charge in [0.15, 0.2) is 22.9 Å². The van der Waals surface area contributed by atoms with Gasteiger partial charge in [0.1, 0.15) is 23.3 Å². The molecule has 4 unspecified atom stereocenters. The summed E-state index contributed by atoms with van der Waals surface area (Å²) < 4.78 is 57.4. The Bertz CT molecular complexity index is 3900. The Labute approximate surface area is 482 Å². The molecule has 82 heavy (non-hydrogen) atoms. The van der Waals surface area contributed by atoms with Crippen LogP contribution in [0.4, 0.5) is 22.7 Å². The molecule has 430 valence electrons. The van der Waals surface area contributed by atoms with Gasteiger partial charge in [-0.1, -0.05) is 107 Å². The molecule has 2 saturated carbocycles. The minimum Gasteiger partial charge on any atom is -0.459 e. The van der Waals surface area contributed by atoms with Crippen molar-refractivity contribution >= 4 is 67.1 Å². The summed E-state index contributed by atoms with van der Waals surface area (Å²) in [6.07, 6.45) is 7.28. The van der Waals surface area contributed by atoms with E-state index in [-0.39, 0.29) is 73.8 Å². The molecule has 18 nitrogen and oxygen atoms in total. The number of hydrogen-bond donors (Lipinski definition) is 5. The average molecular weight is 1150 g/mol. The third-order valence-electron chi connectivity index (χ3n) is 16.0. The minimum atomic E-state index is -4.93. The fourth-order valence-corrected chi connectivity index (χ4v) is 14.2. The molecule has 4 atom stereocenters. The summed E-state index contributed by atoms with van der Waals surface area (Å²) >= 11 is -0.750. The van der Waals surface area contributed by atoms with Crippen LogP contribution in [0.25, 0.3) is 43.8 Å². The molecule has 8 aromatic rings. The number of ether oxygens (including phenoxy) is 2. The topological polar surface area (TPSA) is 237 Å². The molecule has 20 heteroatoms. The van der Waals surface area contributed by atoms with Crippen LogP contribution in [0.5, 0.6) is 0 Å². The number of nitrogens with one attached hydrogen (secondary N) is 3. The number of benzene rings is 4. The van der Waals surface area contributed by atoms with Crippen molar-refractivity contribution in [1.82, 2.24) is 29.2 Å². The largest absolute Gasteiger partial charge is 0.459 e. The molecule has 0 bridgehead atoms. The van der Waals surface area contributed by atoms with Gasteiger partial charge in [-0.2, -0.15) is 12.6 Å². The highest BCUT2D eigenvalue weighted by atomic mass is 32.3. The van der Waals surface area contributed by atoms with Crippen LogP contribution < -0.4 is 10.5 Å². The fraction of sp³-hybridized carbons (Fsp3) is 0.387. The number of carbonyl (C=O) groups excluding carboxylic acids is 2. The molecule has 2 fully saturated rings. The van der Waals surface area contributed by atoms with Gasteiger partial charge >= 0.3 is 23.5 Å². The van der Waals surface area contributed by atoms with E-state index in [0.29, 0.717) is 46.7 Å². The summed E-state index contributed by atoms with van der Waals surface area (Å²) in [6.45, 7) is 38.2. The predicted molar refractivity (Wildman–Crippen MR) is 319 cm³/mol. The molecule has 4 aromatic carbocycles. The van der Waals surface area contributed by atoms with E-state index in [1.54, 1.807) is 28.9 Å². The second kappa shape index (κ2) is 24.2. The monoisotopic (exact) mass is 1150 g/mol. The summed E-state index contributed by atoms with van der Waals surface area (Å²) in [4.78, 5) is 43.6. The first-order valence-electron chi connectivity index (χ1n) is 27.6. The number of nitrogens with two attached hydrogens (primary N) is 1. The van der Waals surface area contributed by atoms with Crippen molar-refractivity contribution in [2.24, 2.45) is 40.6 Å². The molecule has 0 spiro atoms. The van der Waals surface area contributed by atoms with Gasteiger partial charge in [-0.3, -0.25) is 23.8 Å². The van der Waals surface area contributed by atoms with Gasteiger partial charge in [-0.05, 0) is 153 Å². The Morgan fingerprint density at radius 1 is 0.695 bits per heavy atom. The van der Waals surface area contributed by atoms with E-state index in [1.807, 2.05) is 38.1 Å². The number of anilines is 2. The SMILES string of the molecule is O=S=O.[C-]#[N+]c1cn2[nH]c(-c3ccc(C)c(Nc4cc(C)ccc4C)c3)nc2c1C(=O)OC1C(C)CC(C)CC1C.[C-]#[N+]c1cn2[nH]c(-c3cccc(S(N)(=O)(O)c4cc(C)ccc4CC)c3)nc2c1C(=O)OC1C(C)CC(C)CC1C. The van der Waals surface area contributed by atoms with Gasteiger partial charge in [-0.25, -0.2) is 34.4 Å². The van der Waals surface area contributed by atoms with Crippen molar-refractivity contribution in [3.63, 3.8) is 0 Å². The summed E-state index contributed by atoms with van der Waals surface area (Å²) in [5, 5.41) is 16.3. The molecule has 2 aliphatic rings. The first-order valence-corrected chi connectivity index (χ1v) is 30.2. The maximum atomic E-state index is 14.1. The smallest absolute Gasteiger partial charge is 0.335 e. The Balaban J connectivity index is 0.000000205. The Hall–Kier alpha value is -8.01. The molecule has 0 aliphatic heterocycles. The van der Waals surface area contributed by atoms with Crippen molar-refractivity contribution in [1.29, 1.82) is 0 Å². The van der Waals surface area contributed by atoms with E-state index in [4.69, 9.17) is 41.2 Å². The van der Waals surface area contributed by atoms with Crippen molar-refractivity contribution in [2.45, 2.75) is 130 Å². The Morgan fingerprint density at radius 3 is 1.61 bits per heavy atom. The van der Waals surface area contributed by atoms with Crippen LogP contribution >= 0.6 is 0 Å². The lowest BCUT2D eigenvalue weighted by atomic mass is 9.75. The number of aromatic amines is 2. The number of carbonyl (C=O) groups is 2. The molecule has 6 N–H and O–H groups in total. The first-order chi connectivity index (χ1) is 38.9. The zero-order chi connectivity index (χ0) is 59.6. The highest BCUT2D eigenvalue weighted by molar-refractivity contribution is 8.13. The van der Waals surface area contributed by atoms with Crippen molar-refractivity contribution < 1.29 is 36.2 Å².